The average molecular weight is 344 g/mol. The van der Waals surface area contributed by atoms with Crippen molar-refractivity contribution in [3.63, 3.8) is 0 Å². The summed E-state index contributed by atoms with van der Waals surface area (Å²) in [6.45, 7) is 8.13. The molecule has 0 unspecified atom stereocenters. The van der Waals surface area contributed by atoms with Crippen molar-refractivity contribution < 1.29 is 14.3 Å². The highest BCUT2D eigenvalue weighted by atomic mass is 16.6. The van der Waals surface area contributed by atoms with Crippen LogP contribution in [0.1, 0.15) is 55.5 Å². The molecule has 0 bridgehead atoms. The zero-order valence-electron chi connectivity index (χ0n) is 15.5. The van der Waals surface area contributed by atoms with Crippen molar-refractivity contribution in [2.24, 2.45) is 0 Å². The lowest BCUT2D eigenvalue weighted by atomic mass is 9.90. The number of hydrogen-bond acceptors (Lipinski definition) is 3. The van der Waals surface area contributed by atoms with E-state index in [1.165, 1.54) is 0 Å². The molecule has 0 radical (unpaired) electrons. The van der Waals surface area contributed by atoms with Gasteiger partial charge in [-0.2, -0.15) is 0 Å². The topological polar surface area (TPSA) is 49.9 Å². The highest BCUT2D eigenvalue weighted by Crippen LogP contribution is 2.35. The van der Waals surface area contributed by atoms with Crippen LogP contribution in [0.3, 0.4) is 0 Å². The summed E-state index contributed by atoms with van der Waals surface area (Å²) in [5.41, 5.74) is 1.41. The van der Waals surface area contributed by atoms with Crippen LogP contribution in [0.15, 0.2) is 24.3 Å². The molecule has 3 rings (SSSR count). The highest BCUT2D eigenvalue weighted by Gasteiger charge is 2.48. The lowest BCUT2D eigenvalue weighted by Crippen LogP contribution is -2.49. The van der Waals surface area contributed by atoms with Gasteiger partial charge in [0.1, 0.15) is 5.60 Å². The van der Waals surface area contributed by atoms with E-state index in [1.54, 1.807) is 0 Å². The van der Waals surface area contributed by atoms with Gasteiger partial charge in [-0.05, 0) is 32.4 Å². The Morgan fingerprint density at radius 3 is 2.68 bits per heavy atom. The van der Waals surface area contributed by atoms with Crippen molar-refractivity contribution in [1.29, 1.82) is 0 Å². The van der Waals surface area contributed by atoms with Crippen LogP contribution in [0.4, 0.5) is 4.79 Å². The molecule has 25 heavy (non-hydrogen) atoms. The monoisotopic (exact) mass is 344 g/mol. The van der Waals surface area contributed by atoms with E-state index in [9.17, 15) is 9.59 Å². The predicted octanol–water partition coefficient (Wildman–Crippen LogP) is 3.61. The molecule has 2 fully saturated rings. The number of likely N-dealkylation sites (tertiary alicyclic amines) is 1. The third-order valence-corrected chi connectivity index (χ3v) is 5.46. The molecule has 136 valence electrons. The van der Waals surface area contributed by atoms with Gasteiger partial charge in [0, 0.05) is 37.5 Å². The second-order valence-electron chi connectivity index (χ2n) is 7.48. The number of aryl methyl sites for hydroxylation is 1. The summed E-state index contributed by atoms with van der Waals surface area (Å²) in [7, 11) is 0. The smallest absolute Gasteiger partial charge is 0.410 e. The van der Waals surface area contributed by atoms with Gasteiger partial charge in [-0.25, -0.2) is 4.79 Å². The Bertz CT molecular complexity index is 650. The summed E-state index contributed by atoms with van der Waals surface area (Å²) < 4.78 is 5.77. The van der Waals surface area contributed by atoms with Gasteiger partial charge in [0.05, 0.1) is 6.54 Å². The normalized spacial score (nSPS) is 20.7. The van der Waals surface area contributed by atoms with Crippen LogP contribution in [0.25, 0.3) is 0 Å². The molecule has 0 aliphatic carbocycles. The van der Waals surface area contributed by atoms with Gasteiger partial charge in [-0.1, -0.05) is 31.0 Å². The quantitative estimate of drug-likeness (QED) is 0.838. The maximum Gasteiger partial charge on any atom is 0.410 e. The fourth-order valence-electron chi connectivity index (χ4n) is 3.90. The standard InChI is InChI=1S/C20H28N2O3/c1-4-6-16(3)22-14-20(25-19(22)24)9-11-21(12-10-20)18(23)17-8-5-7-15(2)13-17/h5,7-8,13,16H,4,6,9-12,14H2,1-3H3/t16-/m1/s1. The highest BCUT2D eigenvalue weighted by molar-refractivity contribution is 5.94. The minimum Gasteiger partial charge on any atom is -0.441 e. The third kappa shape index (κ3) is 3.65. The van der Waals surface area contributed by atoms with Crippen LogP contribution in [0, 0.1) is 6.92 Å². The van der Waals surface area contributed by atoms with E-state index in [0.29, 0.717) is 32.5 Å². The van der Waals surface area contributed by atoms with Crippen LogP contribution in [0.2, 0.25) is 0 Å². The largest absolute Gasteiger partial charge is 0.441 e. The second-order valence-corrected chi connectivity index (χ2v) is 7.48. The third-order valence-electron chi connectivity index (χ3n) is 5.46. The molecule has 0 saturated carbocycles. The van der Waals surface area contributed by atoms with Gasteiger partial charge in [0.2, 0.25) is 0 Å². The Hall–Kier alpha value is -2.04. The molecule has 1 spiro atoms. The summed E-state index contributed by atoms with van der Waals surface area (Å²) in [5.74, 6) is 0.0686. The zero-order valence-corrected chi connectivity index (χ0v) is 15.5. The maximum atomic E-state index is 12.7. The number of piperidine rings is 1. The van der Waals surface area contributed by atoms with Gasteiger partial charge in [0.25, 0.3) is 5.91 Å². The zero-order chi connectivity index (χ0) is 18.0. The Balaban J connectivity index is 1.62. The molecule has 1 aromatic rings. The van der Waals surface area contributed by atoms with Crippen LogP contribution in [-0.2, 0) is 4.74 Å². The number of carbonyl (C=O) groups is 2. The number of nitrogens with zero attached hydrogens (tertiary/aromatic N) is 2. The van der Waals surface area contributed by atoms with E-state index < -0.39 is 5.60 Å². The van der Waals surface area contributed by atoms with Crippen molar-refractivity contribution in [2.75, 3.05) is 19.6 Å². The fraction of sp³-hybridized carbons (Fsp3) is 0.600. The maximum absolute atomic E-state index is 12.7. The summed E-state index contributed by atoms with van der Waals surface area (Å²) in [6, 6.07) is 7.91. The summed E-state index contributed by atoms with van der Waals surface area (Å²) in [5, 5.41) is 0. The molecule has 2 heterocycles. The van der Waals surface area contributed by atoms with Crippen molar-refractivity contribution >= 4 is 12.0 Å². The van der Waals surface area contributed by atoms with Gasteiger partial charge in [-0.3, -0.25) is 4.79 Å². The van der Waals surface area contributed by atoms with Crippen molar-refractivity contribution in [1.82, 2.24) is 9.80 Å². The fourth-order valence-corrected chi connectivity index (χ4v) is 3.90. The molecule has 2 amide bonds. The SMILES string of the molecule is CCC[C@@H](C)N1CC2(CCN(C(=O)c3cccc(C)c3)CC2)OC1=O. The van der Waals surface area contributed by atoms with Crippen molar-refractivity contribution in [3.8, 4) is 0 Å². The molecule has 2 saturated heterocycles. The number of amides is 2. The number of rotatable bonds is 4. The number of benzene rings is 1. The van der Waals surface area contributed by atoms with Gasteiger partial charge in [-0.15, -0.1) is 0 Å². The molecule has 0 aromatic heterocycles. The number of hydrogen-bond donors (Lipinski definition) is 0. The Kier molecular flexibility index (Phi) is 5.02. The van der Waals surface area contributed by atoms with Crippen LogP contribution in [-0.4, -0.2) is 53.1 Å². The molecule has 1 aromatic carbocycles. The van der Waals surface area contributed by atoms with Gasteiger partial charge < -0.3 is 14.5 Å². The lowest BCUT2D eigenvalue weighted by Gasteiger charge is -2.37. The first kappa shape index (κ1) is 17.8. The first-order valence-corrected chi connectivity index (χ1v) is 9.30. The lowest BCUT2D eigenvalue weighted by molar-refractivity contribution is 0.00306. The first-order valence-electron chi connectivity index (χ1n) is 9.30. The second kappa shape index (κ2) is 7.06. The van der Waals surface area contributed by atoms with E-state index in [-0.39, 0.29) is 18.0 Å². The number of ether oxygens (including phenoxy) is 1. The van der Waals surface area contributed by atoms with E-state index in [0.717, 1.165) is 24.0 Å². The Morgan fingerprint density at radius 2 is 2.04 bits per heavy atom. The van der Waals surface area contributed by atoms with E-state index in [1.807, 2.05) is 41.0 Å². The number of carbonyl (C=O) groups excluding carboxylic acids is 2. The molecule has 0 N–H and O–H groups in total. The van der Waals surface area contributed by atoms with E-state index >= 15 is 0 Å². The van der Waals surface area contributed by atoms with Crippen LogP contribution < -0.4 is 0 Å². The summed E-state index contributed by atoms with van der Waals surface area (Å²) in [6.07, 6.45) is 3.27. The predicted molar refractivity (Wildman–Crippen MR) is 96.6 cm³/mol. The van der Waals surface area contributed by atoms with Crippen LogP contribution >= 0.6 is 0 Å². The van der Waals surface area contributed by atoms with Crippen molar-refractivity contribution in [3.05, 3.63) is 35.4 Å². The van der Waals surface area contributed by atoms with E-state index in [2.05, 4.69) is 13.8 Å². The van der Waals surface area contributed by atoms with Crippen molar-refractivity contribution in [2.45, 2.75) is 58.1 Å². The van der Waals surface area contributed by atoms with E-state index in [4.69, 9.17) is 4.74 Å². The van der Waals surface area contributed by atoms with Crippen LogP contribution in [0.5, 0.6) is 0 Å². The molecular formula is C20H28N2O3. The minimum atomic E-state index is -0.414. The van der Waals surface area contributed by atoms with Gasteiger partial charge >= 0.3 is 6.09 Å². The van der Waals surface area contributed by atoms with Gasteiger partial charge in [0.15, 0.2) is 0 Å². The molecular weight excluding hydrogens is 316 g/mol. The molecule has 5 heteroatoms. The average Bonchev–Trinajstić information content (AvgIpc) is 2.91. The first-order chi connectivity index (χ1) is 11.9. The summed E-state index contributed by atoms with van der Waals surface area (Å²) in [4.78, 5) is 28.7. The molecule has 2 aliphatic rings. The Morgan fingerprint density at radius 1 is 1.32 bits per heavy atom. The molecule has 1 atom stereocenters. The summed E-state index contributed by atoms with van der Waals surface area (Å²) >= 11 is 0. The molecule has 5 nitrogen and oxygen atoms in total. The minimum absolute atomic E-state index is 0.0686. The Labute approximate surface area is 149 Å². The molecule has 2 aliphatic heterocycles.